The number of benzene rings is 2. The van der Waals surface area contributed by atoms with Crippen molar-refractivity contribution in [3.8, 4) is 0 Å². The average molecular weight is 435 g/mol. The minimum absolute atomic E-state index is 0.0140. The Morgan fingerprint density at radius 1 is 1.16 bits per heavy atom. The summed E-state index contributed by atoms with van der Waals surface area (Å²) in [7, 11) is 0. The lowest BCUT2D eigenvalue weighted by atomic mass is 9.57. The first-order chi connectivity index (χ1) is 15.4. The van der Waals surface area contributed by atoms with Crippen molar-refractivity contribution in [1.29, 1.82) is 0 Å². The molecule has 3 heterocycles. The second kappa shape index (κ2) is 7.76. The molecule has 1 aliphatic carbocycles. The van der Waals surface area contributed by atoms with Gasteiger partial charge in [-0.3, -0.25) is 9.59 Å². The number of aliphatic carboxylic acids is 1. The smallest absolute Gasteiger partial charge is 0.309 e. The summed E-state index contributed by atoms with van der Waals surface area (Å²) < 4.78 is 14.8. The average Bonchev–Trinajstić information content (AvgIpc) is 3.21. The highest BCUT2D eigenvalue weighted by Gasteiger charge is 2.59. The van der Waals surface area contributed by atoms with Gasteiger partial charge in [0.2, 0.25) is 5.91 Å². The molecule has 166 valence electrons. The summed E-state index contributed by atoms with van der Waals surface area (Å²) >= 11 is 0. The third kappa shape index (κ3) is 3.20. The second-order valence-corrected chi connectivity index (χ2v) is 9.29. The van der Waals surface area contributed by atoms with E-state index in [9.17, 15) is 19.1 Å². The fourth-order valence-corrected chi connectivity index (χ4v) is 5.88. The van der Waals surface area contributed by atoms with Crippen molar-refractivity contribution in [2.24, 2.45) is 5.41 Å². The van der Waals surface area contributed by atoms with E-state index in [0.717, 1.165) is 17.5 Å². The van der Waals surface area contributed by atoms with Gasteiger partial charge in [0.25, 0.3) is 0 Å². The molecular weight excluding hydrogens is 407 g/mol. The van der Waals surface area contributed by atoms with E-state index in [2.05, 4.69) is 4.98 Å². The molecule has 32 heavy (non-hydrogen) atoms. The molecule has 1 saturated carbocycles. The number of aromatic nitrogens is 1. The van der Waals surface area contributed by atoms with E-state index in [-0.39, 0.29) is 36.1 Å². The van der Waals surface area contributed by atoms with Crippen LogP contribution in [0.3, 0.4) is 0 Å². The van der Waals surface area contributed by atoms with Crippen LogP contribution in [0.2, 0.25) is 0 Å². The molecule has 1 aromatic heterocycles. The highest BCUT2D eigenvalue weighted by Crippen LogP contribution is 2.54. The van der Waals surface area contributed by atoms with E-state index in [4.69, 9.17) is 0 Å². The van der Waals surface area contributed by atoms with Gasteiger partial charge in [0.1, 0.15) is 5.82 Å². The van der Waals surface area contributed by atoms with Gasteiger partial charge in [-0.2, -0.15) is 0 Å². The van der Waals surface area contributed by atoms with Crippen molar-refractivity contribution in [2.45, 2.75) is 57.0 Å². The van der Waals surface area contributed by atoms with Crippen molar-refractivity contribution in [1.82, 2.24) is 9.88 Å². The van der Waals surface area contributed by atoms with Crippen LogP contribution in [0.25, 0.3) is 10.9 Å². The molecule has 2 aromatic carbocycles. The minimum atomic E-state index is -0.740. The van der Waals surface area contributed by atoms with Gasteiger partial charge in [0.05, 0.1) is 5.41 Å². The van der Waals surface area contributed by atoms with E-state index < -0.39 is 11.4 Å². The number of aromatic amines is 1. The summed E-state index contributed by atoms with van der Waals surface area (Å²) in [4.78, 5) is 30.5. The van der Waals surface area contributed by atoms with Gasteiger partial charge in [-0.05, 0) is 48.9 Å². The largest absolute Gasteiger partial charge is 0.481 e. The lowest BCUT2D eigenvalue weighted by Crippen LogP contribution is -2.66. The fourth-order valence-electron chi connectivity index (χ4n) is 5.88. The van der Waals surface area contributed by atoms with Crippen molar-refractivity contribution >= 4 is 22.8 Å². The van der Waals surface area contributed by atoms with E-state index in [1.165, 1.54) is 6.07 Å². The van der Waals surface area contributed by atoms with Crippen molar-refractivity contribution in [2.75, 3.05) is 0 Å². The zero-order valence-electron chi connectivity index (χ0n) is 18.1. The van der Waals surface area contributed by atoms with Crippen LogP contribution in [0, 0.1) is 11.2 Å². The number of fused-ring (bicyclic) bond motifs is 3. The van der Waals surface area contributed by atoms with Crippen LogP contribution >= 0.6 is 0 Å². The van der Waals surface area contributed by atoms with E-state index in [0.29, 0.717) is 30.2 Å². The van der Waals surface area contributed by atoms with Crippen molar-refractivity contribution < 1.29 is 19.1 Å². The molecule has 2 unspecified atom stereocenters. The molecule has 3 aliphatic rings. The maximum absolute atomic E-state index is 14.8. The quantitative estimate of drug-likeness (QED) is 0.569. The van der Waals surface area contributed by atoms with Gasteiger partial charge in [-0.1, -0.05) is 43.3 Å². The van der Waals surface area contributed by atoms with Gasteiger partial charge in [-0.15, -0.1) is 0 Å². The Balaban J connectivity index is 1.49. The van der Waals surface area contributed by atoms with Crippen LogP contribution < -0.4 is 0 Å². The number of carbonyl (C=O) groups excluding carboxylic acids is 1. The molecule has 6 rings (SSSR count). The molecule has 2 aliphatic heterocycles. The van der Waals surface area contributed by atoms with E-state index in [1.54, 1.807) is 6.07 Å². The molecule has 5 nitrogen and oxygen atoms in total. The first kappa shape index (κ1) is 20.7. The molecule has 0 spiro atoms. The Morgan fingerprint density at radius 2 is 1.91 bits per heavy atom. The number of rotatable bonds is 6. The Hall–Kier alpha value is -3.15. The molecule has 0 radical (unpaired) electrons. The van der Waals surface area contributed by atoms with Gasteiger partial charge in [0, 0.05) is 41.5 Å². The highest BCUT2D eigenvalue weighted by atomic mass is 19.1. The van der Waals surface area contributed by atoms with Crippen LogP contribution in [0.5, 0.6) is 0 Å². The first-order valence-electron chi connectivity index (χ1n) is 11.3. The molecule has 2 bridgehead atoms. The fraction of sp³-hybridized carbons (Fsp3) is 0.385. The lowest BCUT2D eigenvalue weighted by Gasteiger charge is -2.58. The van der Waals surface area contributed by atoms with E-state index in [1.807, 2.05) is 54.4 Å². The molecule has 2 atom stereocenters. The van der Waals surface area contributed by atoms with Gasteiger partial charge in [0.15, 0.2) is 0 Å². The number of amides is 1. The number of carbonyl (C=O) groups is 2. The van der Waals surface area contributed by atoms with Gasteiger partial charge >= 0.3 is 5.97 Å². The molecular formula is C26H27FN2O3. The summed E-state index contributed by atoms with van der Waals surface area (Å²) in [5, 5.41) is 10.2. The zero-order valence-corrected chi connectivity index (χ0v) is 18.1. The van der Waals surface area contributed by atoms with Gasteiger partial charge in [-0.25, -0.2) is 4.39 Å². The number of halogens is 1. The van der Waals surface area contributed by atoms with E-state index >= 15 is 0 Å². The molecule has 3 fully saturated rings. The molecule has 2 N–H and O–H groups in total. The Kier molecular flexibility index (Phi) is 5.03. The second-order valence-electron chi connectivity index (χ2n) is 9.29. The first-order valence-corrected chi connectivity index (χ1v) is 11.3. The van der Waals surface area contributed by atoms with Crippen molar-refractivity contribution in [3.05, 3.63) is 71.7 Å². The number of nitrogens with one attached hydrogen (secondary N) is 1. The number of nitrogens with zero attached hydrogens (tertiary/aromatic N) is 1. The molecule has 6 heteroatoms. The highest BCUT2D eigenvalue weighted by molar-refractivity contribution is 5.87. The van der Waals surface area contributed by atoms with Crippen LogP contribution in [-0.2, 0) is 9.59 Å². The number of carboxylic acids is 1. The number of hydrogen-bond donors (Lipinski definition) is 2. The number of H-pyrrole nitrogens is 1. The Bertz CT molecular complexity index is 1170. The summed E-state index contributed by atoms with van der Waals surface area (Å²) in [5.74, 6) is -1.32. The number of carboxylic acid groups (broad SMARTS) is 1. The maximum atomic E-state index is 14.8. The predicted octanol–water partition coefficient (Wildman–Crippen LogP) is 5.07. The Morgan fingerprint density at radius 3 is 2.59 bits per heavy atom. The topological polar surface area (TPSA) is 73.4 Å². The lowest BCUT2D eigenvalue weighted by molar-refractivity contribution is -0.180. The summed E-state index contributed by atoms with van der Waals surface area (Å²) in [6.07, 6.45) is 4.34. The van der Waals surface area contributed by atoms with Gasteiger partial charge < -0.3 is 15.0 Å². The SMILES string of the molecule is CCC1CC2(C(=O)O)CC(C2)N1C(=O)CC(c1ccccc1)c1c[nH]c2cccc(F)c12. The molecule has 3 aromatic rings. The summed E-state index contributed by atoms with van der Waals surface area (Å²) in [6, 6.07) is 14.6. The Labute approximate surface area is 186 Å². The third-order valence-corrected chi connectivity index (χ3v) is 7.52. The molecule has 1 amide bonds. The summed E-state index contributed by atoms with van der Waals surface area (Å²) in [6.45, 7) is 2.01. The normalized spacial score (nSPS) is 25.4. The van der Waals surface area contributed by atoms with Crippen LogP contribution in [0.15, 0.2) is 54.7 Å². The number of piperidine rings is 2. The third-order valence-electron chi connectivity index (χ3n) is 7.52. The van der Waals surface area contributed by atoms with Crippen molar-refractivity contribution in [3.63, 3.8) is 0 Å². The monoisotopic (exact) mass is 434 g/mol. The minimum Gasteiger partial charge on any atom is -0.481 e. The van der Waals surface area contributed by atoms with Crippen LogP contribution in [0.4, 0.5) is 4.39 Å². The number of hydrogen-bond acceptors (Lipinski definition) is 2. The molecule has 2 saturated heterocycles. The summed E-state index contributed by atoms with van der Waals surface area (Å²) in [5.41, 5.74) is 1.78. The van der Waals surface area contributed by atoms with Crippen LogP contribution in [0.1, 0.15) is 56.1 Å². The standard InChI is InChI=1S/C26H27FN2O3/c1-2-17-12-26(25(31)32)13-18(14-26)29(17)23(30)11-19(16-7-4-3-5-8-16)20-15-28-22-10-6-9-21(27)24(20)22/h3-10,15,17-19,28H,2,11-14H2,1H3,(H,31,32). The predicted molar refractivity (Wildman–Crippen MR) is 120 cm³/mol. The maximum Gasteiger partial charge on any atom is 0.309 e. The zero-order chi connectivity index (χ0) is 22.5. The van der Waals surface area contributed by atoms with Crippen LogP contribution in [-0.4, -0.2) is 39.0 Å².